The van der Waals surface area contributed by atoms with Crippen LogP contribution in [0.5, 0.6) is 0 Å². The second kappa shape index (κ2) is 6.77. The molecule has 0 radical (unpaired) electrons. The van der Waals surface area contributed by atoms with Crippen molar-refractivity contribution in [2.24, 2.45) is 0 Å². The molecule has 29 heavy (non-hydrogen) atoms. The van der Waals surface area contributed by atoms with Gasteiger partial charge >= 0.3 is 0 Å². The summed E-state index contributed by atoms with van der Waals surface area (Å²) in [5, 5.41) is 24.5. The summed E-state index contributed by atoms with van der Waals surface area (Å²) in [5.41, 5.74) is 2.70. The molecule has 2 aliphatic rings. The molecule has 1 aromatic heterocycles. The topological polar surface area (TPSA) is 71.9 Å². The third kappa shape index (κ3) is 3.34. The highest BCUT2D eigenvalue weighted by molar-refractivity contribution is 5.55. The van der Waals surface area contributed by atoms with Gasteiger partial charge in [0.25, 0.3) is 0 Å². The fourth-order valence-corrected chi connectivity index (χ4v) is 5.02. The molecule has 2 aromatic rings. The third-order valence-corrected chi connectivity index (χ3v) is 6.65. The summed E-state index contributed by atoms with van der Waals surface area (Å²) in [4.78, 5) is 8.74. The van der Waals surface area contributed by atoms with Crippen molar-refractivity contribution < 1.29 is 10.2 Å². The van der Waals surface area contributed by atoms with Crippen molar-refractivity contribution in [3.05, 3.63) is 59.4 Å². The van der Waals surface area contributed by atoms with Crippen LogP contribution in [0.15, 0.2) is 42.6 Å². The Kier molecular flexibility index (Phi) is 4.74. The molecule has 1 saturated carbocycles. The summed E-state index contributed by atoms with van der Waals surface area (Å²) in [6.45, 7) is 6.18. The van der Waals surface area contributed by atoms with Gasteiger partial charge in [0.05, 0.1) is 17.6 Å². The van der Waals surface area contributed by atoms with E-state index in [2.05, 4.69) is 53.6 Å². The number of pyridine rings is 1. The predicted molar refractivity (Wildman–Crippen MR) is 114 cm³/mol. The second-order valence-electron chi connectivity index (χ2n) is 9.49. The molecule has 156 valence electrons. The molecule has 1 atom stereocenters. The Labute approximate surface area is 173 Å². The van der Waals surface area contributed by atoms with E-state index in [1.807, 2.05) is 24.0 Å². The minimum atomic E-state index is -0.985. The van der Waals surface area contributed by atoms with Gasteiger partial charge in [0.1, 0.15) is 5.60 Å². The highest BCUT2D eigenvalue weighted by Crippen LogP contribution is 2.54. The maximum Gasteiger partial charge on any atom is 0.184 e. The Bertz CT molecular complexity index is 885. The average molecular weight is 397 g/mol. The highest BCUT2D eigenvalue weighted by Gasteiger charge is 2.60. The quantitative estimate of drug-likeness (QED) is 0.737. The largest absolute Gasteiger partial charge is 0.384 e. The van der Waals surface area contributed by atoms with Crippen LogP contribution in [0.4, 0.5) is 5.69 Å². The number of benzene rings is 1. The van der Waals surface area contributed by atoms with E-state index in [1.165, 1.54) is 5.56 Å². The first-order chi connectivity index (χ1) is 13.6. The van der Waals surface area contributed by atoms with E-state index in [1.54, 1.807) is 20.0 Å². The zero-order valence-electron chi connectivity index (χ0n) is 18.0. The van der Waals surface area contributed by atoms with Gasteiger partial charge in [-0.3, -0.25) is 15.2 Å². The molecule has 1 aliphatic heterocycles. The lowest BCUT2D eigenvalue weighted by molar-refractivity contribution is -0.0313. The summed E-state index contributed by atoms with van der Waals surface area (Å²) in [5.74, 6) is 0. The van der Waals surface area contributed by atoms with E-state index in [0.717, 1.165) is 30.6 Å². The fraction of sp³-hybridized carbons (Fsp3) is 0.522. The van der Waals surface area contributed by atoms with Crippen molar-refractivity contribution in [3.63, 3.8) is 0 Å². The van der Waals surface area contributed by atoms with Gasteiger partial charge < -0.3 is 15.1 Å². The van der Waals surface area contributed by atoms with Crippen LogP contribution in [-0.2, 0) is 11.1 Å². The molecule has 2 fully saturated rings. The lowest BCUT2D eigenvalue weighted by atomic mass is 9.59. The van der Waals surface area contributed by atoms with Gasteiger partial charge in [-0.1, -0.05) is 30.3 Å². The Balaban J connectivity index is 1.57. The molecule has 1 spiro atoms. The van der Waals surface area contributed by atoms with E-state index in [-0.39, 0.29) is 11.1 Å². The van der Waals surface area contributed by atoms with Gasteiger partial charge in [0.15, 0.2) is 6.35 Å². The molecular weight excluding hydrogens is 364 g/mol. The van der Waals surface area contributed by atoms with E-state index in [9.17, 15) is 10.2 Å². The zero-order valence-corrected chi connectivity index (χ0v) is 18.0. The van der Waals surface area contributed by atoms with Crippen LogP contribution in [0.1, 0.15) is 43.5 Å². The summed E-state index contributed by atoms with van der Waals surface area (Å²) in [6, 6.07) is 12.5. The smallest absolute Gasteiger partial charge is 0.184 e. The van der Waals surface area contributed by atoms with Gasteiger partial charge in [-0.05, 0) is 64.9 Å². The zero-order chi connectivity index (χ0) is 21.0. The van der Waals surface area contributed by atoms with Crippen LogP contribution < -0.4 is 10.2 Å². The average Bonchev–Trinajstić information content (AvgIpc) is 2.97. The molecule has 3 N–H and O–H groups in total. The molecule has 2 heterocycles. The van der Waals surface area contributed by atoms with Crippen molar-refractivity contribution in [1.82, 2.24) is 15.2 Å². The predicted octanol–water partition coefficient (Wildman–Crippen LogP) is 2.29. The lowest BCUT2D eigenvalue weighted by Gasteiger charge is -2.58. The molecule has 6 heteroatoms. The van der Waals surface area contributed by atoms with Gasteiger partial charge in [0.2, 0.25) is 0 Å². The lowest BCUT2D eigenvalue weighted by Crippen LogP contribution is -2.67. The Morgan fingerprint density at radius 3 is 2.41 bits per heavy atom. The second-order valence-corrected chi connectivity index (χ2v) is 9.49. The molecule has 1 aliphatic carbocycles. The van der Waals surface area contributed by atoms with E-state index in [0.29, 0.717) is 5.69 Å². The van der Waals surface area contributed by atoms with E-state index < -0.39 is 12.0 Å². The van der Waals surface area contributed by atoms with Crippen molar-refractivity contribution in [3.8, 4) is 0 Å². The third-order valence-electron chi connectivity index (χ3n) is 6.65. The first kappa shape index (κ1) is 20.3. The number of hydrogen-bond donors (Lipinski definition) is 3. The number of aliphatic hydroxyl groups excluding tert-OH is 1. The van der Waals surface area contributed by atoms with Crippen LogP contribution in [0.25, 0.3) is 0 Å². The summed E-state index contributed by atoms with van der Waals surface area (Å²) < 4.78 is 0. The molecule has 0 amide bonds. The fourth-order valence-electron chi connectivity index (χ4n) is 5.02. The number of aryl methyl sites for hydroxylation is 1. The molecular formula is C23H32N4O2. The first-order valence-corrected chi connectivity index (χ1v) is 10.2. The Morgan fingerprint density at radius 1 is 1.21 bits per heavy atom. The van der Waals surface area contributed by atoms with Crippen LogP contribution in [0, 0.1) is 6.92 Å². The number of aromatic nitrogens is 1. The first-order valence-electron chi connectivity index (χ1n) is 10.2. The minimum Gasteiger partial charge on any atom is -0.384 e. The van der Waals surface area contributed by atoms with Crippen LogP contribution in [0.2, 0.25) is 0 Å². The minimum absolute atomic E-state index is 0.0257. The molecule has 0 bridgehead atoms. The van der Waals surface area contributed by atoms with Gasteiger partial charge in [-0.15, -0.1) is 0 Å². The molecule has 6 nitrogen and oxygen atoms in total. The number of nitrogens with one attached hydrogen (secondary N) is 1. The number of hydrogen-bond acceptors (Lipinski definition) is 6. The SMILES string of the molecule is Cc1cc(C(C)(C)O)ncc1N1CC2(CC(c3ccccc3)(N(C)C)C2)NC1O. The normalized spacial score (nSPS) is 29.5. The van der Waals surface area contributed by atoms with E-state index >= 15 is 0 Å². The van der Waals surface area contributed by atoms with Crippen molar-refractivity contribution in [1.29, 1.82) is 0 Å². The van der Waals surface area contributed by atoms with Gasteiger partial charge in [0, 0.05) is 17.6 Å². The van der Waals surface area contributed by atoms with E-state index in [4.69, 9.17) is 0 Å². The molecule has 1 saturated heterocycles. The number of nitrogens with zero attached hydrogens (tertiary/aromatic N) is 3. The maximum absolute atomic E-state index is 10.8. The summed E-state index contributed by atoms with van der Waals surface area (Å²) in [6.07, 6.45) is 2.87. The number of anilines is 1. The summed E-state index contributed by atoms with van der Waals surface area (Å²) >= 11 is 0. The monoisotopic (exact) mass is 396 g/mol. The van der Waals surface area contributed by atoms with Crippen molar-refractivity contribution >= 4 is 5.69 Å². The summed E-state index contributed by atoms with van der Waals surface area (Å²) in [7, 11) is 4.26. The van der Waals surface area contributed by atoms with Crippen LogP contribution >= 0.6 is 0 Å². The Hall–Kier alpha value is -1.99. The molecule has 1 unspecified atom stereocenters. The van der Waals surface area contributed by atoms with Gasteiger partial charge in [-0.25, -0.2) is 0 Å². The van der Waals surface area contributed by atoms with Crippen LogP contribution in [0.3, 0.4) is 0 Å². The standard InChI is InChI=1S/C23H32N4O2/c1-16-11-19(21(2,3)29)24-12-18(16)27-15-22(25-20(27)28)13-23(14-22,26(4)5)17-9-7-6-8-10-17/h6-12,20,25,28-29H,13-15H2,1-5H3. The molecule has 4 rings (SSSR count). The van der Waals surface area contributed by atoms with Crippen molar-refractivity contribution in [2.45, 2.75) is 56.6 Å². The van der Waals surface area contributed by atoms with Crippen LogP contribution in [-0.4, -0.2) is 52.6 Å². The number of rotatable bonds is 4. The van der Waals surface area contributed by atoms with Gasteiger partial charge in [-0.2, -0.15) is 0 Å². The van der Waals surface area contributed by atoms with Crippen molar-refractivity contribution in [2.75, 3.05) is 25.5 Å². The Morgan fingerprint density at radius 2 is 1.86 bits per heavy atom. The molecule has 1 aromatic carbocycles. The maximum atomic E-state index is 10.8. The number of aliphatic hydroxyl groups is 2. The highest BCUT2D eigenvalue weighted by atomic mass is 16.3.